The molecule has 0 heterocycles. The molecule has 0 bridgehead atoms. The highest BCUT2D eigenvalue weighted by Gasteiger charge is 2.18. The molecule has 1 amide bonds. The third kappa shape index (κ3) is 2.52. The first-order chi connectivity index (χ1) is 4.63. The Balaban J connectivity index is 3.89. The first-order valence-electron chi connectivity index (χ1n) is 3.20. The van der Waals surface area contributed by atoms with Crippen molar-refractivity contribution < 1.29 is 9.18 Å². The minimum atomic E-state index is -1.89. The lowest BCUT2D eigenvalue weighted by Gasteiger charge is -2.17. The number of alkyl halides is 2. The molecular weight excluding hydrogens is 157 g/mol. The van der Waals surface area contributed by atoms with Gasteiger partial charge in [-0.05, 0) is 13.8 Å². The molecule has 0 aromatic rings. The fourth-order valence-corrected chi connectivity index (χ4v) is 0.811. The van der Waals surface area contributed by atoms with E-state index in [1.807, 2.05) is 0 Å². The van der Waals surface area contributed by atoms with E-state index in [0.29, 0.717) is 13.1 Å². The molecule has 0 spiro atoms. The van der Waals surface area contributed by atoms with E-state index in [1.165, 1.54) is 4.90 Å². The van der Waals surface area contributed by atoms with Crippen molar-refractivity contribution in [3.05, 3.63) is 0 Å². The number of carbonyl (C=O) groups excluding carboxylic acids is 1. The molecule has 0 fully saturated rings. The molecule has 0 saturated carbocycles. The molecule has 0 aromatic heterocycles. The van der Waals surface area contributed by atoms with Crippen LogP contribution in [-0.2, 0) is 4.79 Å². The average Bonchev–Trinajstić information content (AvgIpc) is 1.90. The minimum Gasteiger partial charge on any atom is -0.340 e. The third-order valence-electron chi connectivity index (χ3n) is 1.26. The van der Waals surface area contributed by atoms with Crippen molar-refractivity contribution in [2.75, 3.05) is 13.1 Å². The smallest absolute Gasteiger partial charge is 0.272 e. The zero-order chi connectivity index (χ0) is 8.15. The molecule has 10 heavy (non-hydrogen) atoms. The van der Waals surface area contributed by atoms with Crippen LogP contribution in [0.15, 0.2) is 0 Å². The van der Waals surface area contributed by atoms with Crippen LogP contribution in [0.3, 0.4) is 0 Å². The lowest BCUT2D eigenvalue weighted by atomic mass is 10.5. The Morgan fingerprint density at radius 3 is 2.10 bits per heavy atom. The fourth-order valence-electron chi connectivity index (χ4n) is 0.673. The monoisotopic (exact) mass is 167 g/mol. The molecule has 0 N–H and O–H groups in total. The van der Waals surface area contributed by atoms with Gasteiger partial charge in [-0.15, -0.1) is 0 Å². The molecule has 0 aliphatic rings. The van der Waals surface area contributed by atoms with E-state index in [9.17, 15) is 9.18 Å². The zero-order valence-electron chi connectivity index (χ0n) is 6.10. The average molecular weight is 168 g/mol. The second kappa shape index (κ2) is 4.50. The number of rotatable bonds is 3. The third-order valence-corrected chi connectivity index (χ3v) is 1.45. The molecule has 0 aromatic carbocycles. The normalized spacial score (nSPS) is 12.8. The Morgan fingerprint density at radius 2 is 2.00 bits per heavy atom. The molecule has 4 heteroatoms. The standard InChI is InChI=1S/C6H11ClFNO/c1-3-9(4-2)6(10)5(7)8/h5H,3-4H2,1-2H3/t5-/m1/s1. The van der Waals surface area contributed by atoms with E-state index in [0.717, 1.165) is 0 Å². The molecular formula is C6H11ClFNO. The zero-order valence-corrected chi connectivity index (χ0v) is 6.86. The maximum absolute atomic E-state index is 12.1. The van der Waals surface area contributed by atoms with Gasteiger partial charge in [-0.3, -0.25) is 4.79 Å². The summed E-state index contributed by atoms with van der Waals surface area (Å²) in [6.07, 6.45) is 0. The minimum absolute atomic E-state index is 0.502. The highest BCUT2D eigenvalue weighted by atomic mass is 35.5. The maximum Gasteiger partial charge on any atom is 0.272 e. The van der Waals surface area contributed by atoms with E-state index in [1.54, 1.807) is 13.8 Å². The summed E-state index contributed by atoms with van der Waals surface area (Å²) in [5, 5.41) is 0. The molecule has 0 aliphatic heterocycles. The summed E-state index contributed by atoms with van der Waals surface area (Å²) in [7, 11) is 0. The van der Waals surface area contributed by atoms with E-state index >= 15 is 0 Å². The van der Waals surface area contributed by atoms with Crippen LogP contribution >= 0.6 is 11.6 Å². The van der Waals surface area contributed by atoms with Gasteiger partial charge >= 0.3 is 0 Å². The summed E-state index contributed by atoms with van der Waals surface area (Å²) >= 11 is 4.92. The van der Waals surface area contributed by atoms with E-state index in [-0.39, 0.29) is 0 Å². The molecule has 0 saturated heterocycles. The SMILES string of the molecule is CCN(CC)C(=O)[C@@H](F)Cl. The Kier molecular flexibility index (Phi) is 4.36. The van der Waals surface area contributed by atoms with E-state index < -0.39 is 11.5 Å². The predicted octanol–water partition coefficient (Wildman–Crippen LogP) is 1.39. The van der Waals surface area contributed by atoms with E-state index in [2.05, 4.69) is 0 Å². The van der Waals surface area contributed by atoms with Gasteiger partial charge in [0.2, 0.25) is 0 Å². The van der Waals surface area contributed by atoms with Crippen LogP contribution < -0.4 is 0 Å². The van der Waals surface area contributed by atoms with Crippen molar-refractivity contribution in [3.8, 4) is 0 Å². The molecule has 1 atom stereocenters. The molecule has 0 aliphatic carbocycles. The van der Waals surface area contributed by atoms with Crippen molar-refractivity contribution in [2.45, 2.75) is 19.5 Å². The van der Waals surface area contributed by atoms with Crippen LogP contribution in [0.2, 0.25) is 0 Å². The Labute approximate surface area is 65.0 Å². The Morgan fingerprint density at radius 1 is 1.60 bits per heavy atom. The Hall–Kier alpha value is -0.310. The predicted molar refractivity (Wildman–Crippen MR) is 38.7 cm³/mol. The largest absolute Gasteiger partial charge is 0.340 e. The van der Waals surface area contributed by atoms with Gasteiger partial charge in [0.15, 0.2) is 0 Å². The van der Waals surface area contributed by atoms with Gasteiger partial charge in [0.05, 0.1) is 0 Å². The first-order valence-corrected chi connectivity index (χ1v) is 3.64. The highest BCUT2D eigenvalue weighted by molar-refractivity contribution is 6.29. The number of hydrogen-bond donors (Lipinski definition) is 0. The van der Waals surface area contributed by atoms with Crippen molar-refractivity contribution in [1.82, 2.24) is 4.90 Å². The van der Waals surface area contributed by atoms with Gasteiger partial charge in [-0.25, -0.2) is 4.39 Å². The van der Waals surface area contributed by atoms with Crippen LogP contribution in [-0.4, -0.2) is 29.5 Å². The molecule has 60 valence electrons. The Bertz CT molecular complexity index is 114. The number of amides is 1. The summed E-state index contributed by atoms with van der Waals surface area (Å²) < 4.78 is 12.1. The number of carbonyl (C=O) groups is 1. The van der Waals surface area contributed by atoms with Crippen molar-refractivity contribution in [1.29, 1.82) is 0 Å². The van der Waals surface area contributed by atoms with Crippen LogP contribution in [0.5, 0.6) is 0 Å². The fraction of sp³-hybridized carbons (Fsp3) is 0.833. The summed E-state index contributed by atoms with van der Waals surface area (Å²) in [6, 6.07) is 0. The van der Waals surface area contributed by atoms with Gasteiger partial charge in [-0.2, -0.15) is 0 Å². The van der Waals surface area contributed by atoms with Gasteiger partial charge in [0.1, 0.15) is 0 Å². The number of halogens is 2. The van der Waals surface area contributed by atoms with Gasteiger partial charge in [0.25, 0.3) is 11.5 Å². The van der Waals surface area contributed by atoms with Gasteiger partial charge < -0.3 is 4.90 Å². The van der Waals surface area contributed by atoms with Gasteiger partial charge in [-0.1, -0.05) is 11.6 Å². The number of nitrogens with zero attached hydrogens (tertiary/aromatic N) is 1. The number of hydrogen-bond acceptors (Lipinski definition) is 1. The summed E-state index contributed by atoms with van der Waals surface area (Å²) in [5.41, 5.74) is -1.89. The van der Waals surface area contributed by atoms with E-state index in [4.69, 9.17) is 11.6 Å². The molecule has 0 radical (unpaired) electrons. The first kappa shape index (κ1) is 9.69. The summed E-state index contributed by atoms with van der Waals surface area (Å²) in [5.74, 6) is -0.647. The molecule has 0 rings (SSSR count). The van der Waals surface area contributed by atoms with Crippen molar-refractivity contribution >= 4 is 17.5 Å². The van der Waals surface area contributed by atoms with Crippen LogP contribution in [0, 0.1) is 0 Å². The quantitative estimate of drug-likeness (QED) is 0.582. The second-order valence-electron chi connectivity index (χ2n) is 1.81. The highest BCUT2D eigenvalue weighted by Crippen LogP contribution is 2.02. The lowest BCUT2D eigenvalue weighted by Crippen LogP contribution is -2.34. The lowest BCUT2D eigenvalue weighted by molar-refractivity contribution is -0.133. The molecule has 2 nitrogen and oxygen atoms in total. The van der Waals surface area contributed by atoms with Crippen molar-refractivity contribution in [2.24, 2.45) is 0 Å². The van der Waals surface area contributed by atoms with Crippen LogP contribution in [0.25, 0.3) is 0 Å². The van der Waals surface area contributed by atoms with Gasteiger partial charge in [0, 0.05) is 13.1 Å². The van der Waals surface area contributed by atoms with Crippen LogP contribution in [0.4, 0.5) is 4.39 Å². The topological polar surface area (TPSA) is 20.3 Å². The summed E-state index contributed by atoms with van der Waals surface area (Å²) in [6.45, 7) is 4.56. The van der Waals surface area contributed by atoms with Crippen molar-refractivity contribution in [3.63, 3.8) is 0 Å². The second-order valence-corrected chi connectivity index (χ2v) is 2.19. The molecule has 0 unspecified atom stereocenters. The summed E-state index contributed by atoms with van der Waals surface area (Å²) in [4.78, 5) is 12.1. The van der Waals surface area contributed by atoms with Crippen LogP contribution in [0.1, 0.15) is 13.8 Å². The maximum atomic E-state index is 12.1.